The fraction of sp³-hybridized carbons (Fsp3) is 0.286. The lowest BCUT2D eigenvalue weighted by Gasteiger charge is -2.08. The zero-order valence-corrected chi connectivity index (χ0v) is 15.5. The third-order valence-electron chi connectivity index (χ3n) is 3.79. The first-order valence-corrected chi connectivity index (χ1v) is 8.70. The Kier molecular flexibility index (Phi) is 8.85. The van der Waals surface area contributed by atoms with Crippen molar-refractivity contribution in [3.05, 3.63) is 70.5 Å². The third kappa shape index (κ3) is 7.81. The van der Waals surface area contributed by atoms with Crippen molar-refractivity contribution in [1.82, 2.24) is 0 Å². The van der Waals surface area contributed by atoms with Gasteiger partial charge in [0.05, 0.1) is 0 Å². The maximum absolute atomic E-state index is 13.0. The number of aliphatic carboxylic acids is 1. The zero-order valence-electron chi connectivity index (χ0n) is 15.5. The summed E-state index contributed by atoms with van der Waals surface area (Å²) >= 11 is 0. The number of rotatable bonds is 7. The topological polar surface area (TPSA) is 97.5 Å². The van der Waals surface area contributed by atoms with Crippen molar-refractivity contribution < 1.29 is 23.9 Å². The second kappa shape index (κ2) is 10.9. The highest BCUT2D eigenvalue weighted by Crippen LogP contribution is 2.17. The molecule has 0 aliphatic carbocycles. The van der Waals surface area contributed by atoms with Crippen molar-refractivity contribution in [2.45, 2.75) is 39.5 Å². The number of hydrogen-bond donors (Lipinski definition) is 2. The van der Waals surface area contributed by atoms with Crippen LogP contribution in [0.2, 0.25) is 0 Å². The summed E-state index contributed by atoms with van der Waals surface area (Å²) in [5, 5.41) is 7.72. The molecule has 2 aromatic rings. The average molecular weight is 373 g/mol. The number of nitrogens with two attached hydrogens (primary N) is 1. The van der Waals surface area contributed by atoms with Crippen LogP contribution in [-0.2, 0) is 22.4 Å². The maximum Gasteiger partial charge on any atom is 0.303 e. The van der Waals surface area contributed by atoms with Gasteiger partial charge in [-0.1, -0.05) is 19.9 Å². The Bertz CT molecular complexity index is 800. The van der Waals surface area contributed by atoms with Crippen molar-refractivity contribution in [2.75, 3.05) is 0 Å². The molecule has 2 rings (SSSR count). The molecule has 0 atom stereocenters. The summed E-state index contributed by atoms with van der Waals surface area (Å²) in [6.45, 7) is 3.60. The van der Waals surface area contributed by atoms with Crippen molar-refractivity contribution in [2.24, 2.45) is 5.73 Å². The molecule has 1 amide bonds. The Balaban J connectivity index is 0.000000646. The van der Waals surface area contributed by atoms with E-state index in [4.69, 9.17) is 10.8 Å². The fourth-order valence-electron chi connectivity index (χ4n) is 2.28. The van der Waals surface area contributed by atoms with Gasteiger partial charge in [-0.3, -0.25) is 14.4 Å². The van der Waals surface area contributed by atoms with E-state index in [1.54, 1.807) is 13.0 Å². The number of primary amides is 1. The molecule has 0 radical (unpaired) electrons. The van der Waals surface area contributed by atoms with Gasteiger partial charge in [-0.2, -0.15) is 0 Å². The van der Waals surface area contributed by atoms with Gasteiger partial charge in [0.15, 0.2) is 5.78 Å². The van der Waals surface area contributed by atoms with E-state index < -0.39 is 5.97 Å². The summed E-state index contributed by atoms with van der Waals surface area (Å²) in [7, 11) is 0. The van der Waals surface area contributed by atoms with Crippen molar-refractivity contribution in [3.63, 3.8) is 0 Å². The zero-order chi connectivity index (χ0) is 20.4. The average Bonchev–Trinajstić information content (AvgIpc) is 2.66. The van der Waals surface area contributed by atoms with E-state index in [1.807, 2.05) is 19.1 Å². The van der Waals surface area contributed by atoms with Gasteiger partial charge in [0.2, 0.25) is 5.91 Å². The SMILES string of the molecule is CCC(=O)O.CCc1cc(CCC(N)=O)cc(C(=O)c2ccc(F)cc2)c1. The van der Waals surface area contributed by atoms with Crippen molar-refractivity contribution in [3.8, 4) is 0 Å². The predicted molar refractivity (Wildman–Crippen MR) is 101 cm³/mol. The molecule has 0 saturated carbocycles. The van der Waals surface area contributed by atoms with Gasteiger partial charge in [-0.15, -0.1) is 0 Å². The van der Waals surface area contributed by atoms with Gasteiger partial charge in [0.1, 0.15) is 5.82 Å². The molecule has 0 aliphatic heterocycles. The molecular weight excluding hydrogens is 349 g/mol. The molecule has 3 N–H and O–H groups in total. The minimum Gasteiger partial charge on any atom is -0.481 e. The van der Waals surface area contributed by atoms with Crippen LogP contribution >= 0.6 is 0 Å². The van der Waals surface area contributed by atoms with Crippen LogP contribution in [0.5, 0.6) is 0 Å². The molecule has 27 heavy (non-hydrogen) atoms. The van der Waals surface area contributed by atoms with Crippen LogP contribution in [0.4, 0.5) is 4.39 Å². The summed E-state index contributed by atoms with van der Waals surface area (Å²) in [5.41, 5.74) is 8.09. The summed E-state index contributed by atoms with van der Waals surface area (Å²) in [5.74, 6) is -1.64. The molecule has 0 fully saturated rings. The molecule has 0 aromatic heterocycles. The Labute approximate surface area is 158 Å². The summed E-state index contributed by atoms with van der Waals surface area (Å²) in [6.07, 6.45) is 1.76. The van der Waals surface area contributed by atoms with Crippen LogP contribution in [0.3, 0.4) is 0 Å². The first-order chi connectivity index (χ1) is 12.8. The van der Waals surface area contributed by atoms with Crippen LogP contribution < -0.4 is 5.73 Å². The Hall–Kier alpha value is -3.02. The molecule has 5 nitrogen and oxygen atoms in total. The lowest BCUT2D eigenvalue weighted by atomic mass is 9.96. The van der Waals surface area contributed by atoms with Gasteiger partial charge in [0, 0.05) is 24.0 Å². The summed E-state index contributed by atoms with van der Waals surface area (Å²) in [6, 6.07) is 11.1. The highest BCUT2D eigenvalue weighted by molar-refractivity contribution is 6.09. The molecule has 0 aliphatic rings. The number of aryl methyl sites for hydroxylation is 2. The summed E-state index contributed by atoms with van der Waals surface area (Å²) < 4.78 is 13.0. The monoisotopic (exact) mass is 373 g/mol. The van der Waals surface area contributed by atoms with Gasteiger partial charge in [-0.25, -0.2) is 4.39 Å². The second-order valence-electron chi connectivity index (χ2n) is 5.94. The van der Waals surface area contributed by atoms with Gasteiger partial charge >= 0.3 is 5.97 Å². The number of halogens is 1. The van der Waals surface area contributed by atoms with Crippen LogP contribution in [0.25, 0.3) is 0 Å². The van der Waals surface area contributed by atoms with E-state index in [9.17, 15) is 18.8 Å². The normalized spacial score (nSPS) is 9.89. The number of carboxylic acids is 1. The number of carboxylic acid groups (broad SMARTS) is 1. The second-order valence-corrected chi connectivity index (χ2v) is 5.94. The molecular formula is C21H24FNO4. The van der Waals surface area contributed by atoms with Crippen LogP contribution in [0.15, 0.2) is 42.5 Å². The molecule has 0 spiro atoms. The number of amides is 1. The standard InChI is InChI=1S/C18H18FNO2.C3H6O2/c1-2-12-9-13(3-8-17(20)21)11-15(10-12)18(22)14-4-6-16(19)7-5-14;1-2-3(4)5/h4-7,9-11H,2-3,8H2,1H3,(H2,20,21);2H2,1H3,(H,4,5). The van der Waals surface area contributed by atoms with Crippen molar-refractivity contribution in [1.29, 1.82) is 0 Å². The van der Waals surface area contributed by atoms with Gasteiger partial charge in [0.25, 0.3) is 0 Å². The lowest BCUT2D eigenvalue weighted by molar-refractivity contribution is -0.136. The minimum absolute atomic E-state index is 0.157. The van der Waals surface area contributed by atoms with E-state index in [-0.39, 0.29) is 30.3 Å². The molecule has 144 valence electrons. The van der Waals surface area contributed by atoms with E-state index in [0.29, 0.717) is 17.5 Å². The first-order valence-electron chi connectivity index (χ1n) is 8.70. The molecule has 6 heteroatoms. The first kappa shape index (κ1) is 22.0. The molecule has 0 bridgehead atoms. The number of carbonyl (C=O) groups excluding carboxylic acids is 2. The third-order valence-corrected chi connectivity index (χ3v) is 3.79. The number of hydrogen-bond acceptors (Lipinski definition) is 3. The van der Waals surface area contributed by atoms with E-state index >= 15 is 0 Å². The quantitative estimate of drug-likeness (QED) is 0.726. The van der Waals surface area contributed by atoms with Crippen LogP contribution in [0, 0.1) is 5.82 Å². The largest absolute Gasteiger partial charge is 0.481 e. The van der Waals surface area contributed by atoms with E-state index in [1.165, 1.54) is 24.3 Å². The molecule has 0 saturated heterocycles. The highest BCUT2D eigenvalue weighted by Gasteiger charge is 2.11. The molecule has 2 aromatic carbocycles. The van der Waals surface area contributed by atoms with E-state index in [2.05, 4.69) is 0 Å². The number of carbonyl (C=O) groups is 3. The Morgan fingerprint density at radius 1 is 0.963 bits per heavy atom. The van der Waals surface area contributed by atoms with Crippen LogP contribution in [-0.4, -0.2) is 22.8 Å². The van der Waals surface area contributed by atoms with E-state index in [0.717, 1.165) is 17.5 Å². The number of ketones is 1. The predicted octanol–water partition coefficient (Wildman–Crippen LogP) is 3.52. The van der Waals surface area contributed by atoms with Crippen molar-refractivity contribution >= 4 is 17.7 Å². The Morgan fingerprint density at radius 3 is 2.00 bits per heavy atom. The molecule has 0 unspecified atom stereocenters. The lowest BCUT2D eigenvalue weighted by Crippen LogP contribution is -2.11. The van der Waals surface area contributed by atoms with Gasteiger partial charge in [-0.05, 0) is 60.4 Å². The molecule has 0 heterocycles. The van der Waals surface area contributed by atoms with Crippen LogP contribution in [0.1, 0.15) is 53.7 Å². The maximum atomic E-state index is 13.0. The minimum atomic E-state index is -0.745. The smallest absolute Gasteiger partial charge is 0.303 e. The number of benzene rings is 2. The Morgan fingerprint density at radius 2 is 1.52 bits per heavy atom. The highest BCUT2D eigenvalue weighted by atomic mass is 19.1. The van der Waals surface area contributed by atoms with Gasteiger partial charge < -0.3 is 10.8 Å². The fourth-order valence-corrected chi connectivity index (χ4v) is 2.28. The summed E-state index contributed by atoms with van der Waals surface area (Å²) in [4.78, 5) is 32.8.